The molecule has 0 radical (unpaired) electrons. The molecule has 3 heterocycles. The smallest absolute Gasteiger partial charge is 0.259 e. The van der Waals surface area contributed by atoms with Gasteiger partial charge in [0.05, 0.1) is 12.2 Å². The molecule has 1 aliphatic rings. The number of thiazole rings is 1. The number of hydrogen-bond acceptors (Lipinski definition) is 4. The van der Waals surface area contributed by atoms with E-state index in [1.165, 1.54) is 22.6 Å². The van der Waals surface area contributed by atoms with Crippen molar-refractivity contribution in [3.05, 3.63) is 63.0 Å². The lowest BCUT2D eigenvalue weighted by atomic mass is 10.1. The third-order valence-corrected chi connectivity index (χ3v) is 5.25. The van der Waals surface area contributed by atoms with Crippen LogP contribution in [0.2, 0.25) is 0 Å². The standard InChI is InChI=1S/C17H17N3OS/c1-11-7-13-5-3-4-6-15(13)19(11)9-14-8-16(21)20-12(2)10-22-17(20)18-14/h3-6,8,10-11H,7,9H2,1-2H3/t11-/m1/s1. The van der Waals surface area contributed by atoms with Crippen molar-refractivity contribution in [2.75, 3.05) is 4.90 Å². The molecule has 0 unspecified atom stereocenters. The molecule has 0 bridgehead atoms. The van der Waals surface area contributed by atoms with Crippen LogP contribution in [0.15, 0.2) is 40.5 Å². The number of anilines is 1. The summed E-state index contributed by atoms with van der Waals surface area (Å²) < 4.78 is 1.68. The van der Waals surface area contributed by atoms with Crippen molar-refractivity contribution in [1.82, 2.24) is 9.38 Å². The molecule has 0 aliphatic carbocycles. The zero-order valence-electron chi connectivity index (χ0n) is 12.6. The second-order valence-corrected chi connectivity index (χ2v) is 6.73. The Balaban J connectivity index is 1.74. The lowest BCUT2D eigenvalue weighted by Gasteiger charge is -2.24. The highest BCUT2D eigenvalue weighted by Gasteiger charge is 2.26. The van der Waals surface area contributed by atoms with Gasteiger partial charge in [-0.05, 0) is 31.9 Å². The van der Waals surface area contributed by atoms with Gasteiger partial charge >= 0.3 is 0 Å². The summed E-state index contributed by atoms with van der Waals surface area (Å²) in [6.45, 7) is 4.84. The molecule has 0 fully saturated rings. The molecule has 4 nitrogen and oxygen atoms in total. The summed E-state index contributed by atoms with van der Waals surface area (Å²) in [6.07, 6.45) is 1.05. The van der Waals surface area contributed by atoms with Gasteiger partial charge in [-0.25, -0.2) is 4.98 Å². The van der Waals surface area contributed by atoms with Crippen LogP contribution in [0.1, 0.15) is 23.9 Å². The van der Waals surface area contributed by atoms with Crippen molar-refractivity contribution in [1.29, 1.82) is 0 Å². The van der Waals surface area contributed by atoms with Gasteiger partial charge in [-0.3, -0.25) is 9.20 Å². The lowest BCUT2D eigenvalue weighted by molar-refractivity contribution is 0.664. The first-order valence-corrected chi connectivity index (χ1v) is 8.33. The summed E-state index contributed by atoms with van der Waals surface area (Å²) in [5, 5.41) is 1.97. The monoisotopic (exact) mass is 311 g/mol. The first-order valence-electron chi connectivity index (χ1n) is 7.45. The highest BCUT2D eigenvalue weighted by molar-refractivity contribution is 7.15. The Hall–Kier alpha value is -2.14. The summed E-state index contributed by atoms with van der Waals surface area (Å²) in [6, 6.07) is 10.6. The molecule has 0 spiro atoms. The van der Waals surface area contributed by atoms with E-state index in [1.54, 1.807) is 10.5 Å². The van der Waals surface area contributed by atoms with Gasteiger partial charge in [0, 0.05) is 28.9 Å². The fourth-order valence-electron chi connectivity index (χ4n) is 3.23. The average Bonchev–Trinajstić information content (AvgIpc) is 3.01. The number of para-hydroxylation sites is 1. The van der Waals surface area contributed by atoms with Gasteiger partial charge in [-0.2, -0.15) is 0 Å². The Kier molecular flexibility index (Phi) is 3.04. The van der Waals surface area contributed by atoms with Crippen molar-refractivity contribution in [2.24, 2.45) is 0 Å². The van der Waals surface area contributed by atoms with Crippen LogP contribution in [0, 0.1) is 6.92 Å². The van der Waals surface area contributed by atoms with Gasteiger partial charge in [-0.1, -0.05) is 18.2 Å². The number of aryl methyl sites for hydroxylation is 1. The van der Waals surface area contributed by atoms with Gasteiger partial charge in [0.25, 0.3) is 5.56 Å². The first kappa shape index (κ1) is 13.5. The largest absolute Gasteiger partial charge is 0.362 e. The maximum atomic E-state index is 12.3. The molecule has 1 aliphatic heterocycles. The van der Waals surface area contributed by atoms with Gasteiger partial charge in [0.2, 0.25) is 0 Å². The van der Waals surface area contributed by atoms with E-state index in [2.05, 4.69) is 41.1 Å². The molecule has 0 N–H and O–H groups in total. The maximum absolute atomic E-state index is 12.3. The molecular weight excluding hydrogens is 294 g/mol. The zero-order chi connectivity index (χ0) is 15.3. The van der Waals surface area contributed by atoms with E-state index in [1.807, 2.05) is 12.3 Å². The third kappa shape index (κ3) is 2.04. The van der Waals surface area contributed by atoms with Crippen molar-refractivity contribution in [2.45, 2.75) is 32.9 Å². The predicted molar refractivity (Wildman–Crippen MR) is 89.9 cm³/mol. The van der Waals surface area contributed by atoms with E-state index >= 15 is 0 Å². The molecule has 5 heteroatoms. The van der Waals surface area contributed by atoms with Crippen LogP contribution >= 0.6 is 11.3 Å². The fraction of sp³-hybridized carbons (Fsp3) is 0.294. The number of rotatable bonds is 2. The zero-order valence-corrected chi connectivity index (χ0v) is 13.4. The van der Waals surface area contributed by atoms with Crippen LogP contribution < -0.4 is 10.5 Å². The SMILES string of the molecule is Cc1csc2nc(CN3c4ccccc4C[C@H]3C)cc(=O)n12. The van der Waals surface area contributed by atoms with E-state index in [4.69, 9.17) is 0 Å². The summed E-state index contributed by atoms with van der Waals surface area (Å²) >= 11 is 1.52. The van der Waals surface area contributed by atoms with E-state index in [0.29, 0.717) is 12.6 Å². The summed E-state index contributed by atoms with van der Waals surface area (Å²) in [4.78, 5) is 20.1. The molecule has 0 amide bonds. The minimum Gasteiger partial charge on any atom is -0.362 e. The number of fused-ring (bicyclic) bond motifs is 2. The average molecular weight is 311 g/mol. The first-order chi connectivity index (χ1) is 10.6. The molecular formula is C17H17N3OS. The Morgan fingerprint density at radius 3 is 3.05 bits per heavy atom. The highest BCUT2D eigenvalue weighted by atomic mass is 32.1. The van der Waals surface area contributed by atoms with Crippen LogP contribution in [0.4, 0.5) is 5.69 Å². The normalized spacial score (nSPS) is 17.2. The van der Waals surface area contributed by atoms with E-state index in [9.17, 15) is 4.79 Å². The number of aromatic nitrogens is 2. The van der Waals surface area contributed by atoms with Crippen LogP contribution in [0.5, 0.6) is 0 Å². The minimum atomic E-state index is 0.0129. The van der Waals surface area contributed by atoms with Crippen molar-refractivity contribution < 1.29 is 0 Å². The second-order valence-electron chi connectivity index (χ2n) is 5.89. The number of nitrogens with zero attached hydrogens (tertiary/aromatic N) is 3. The highest BCUT2D eigenvalue weighted by Crippen LogP contribution is 2.32. The lowest BCUT2D eigenvalue weighted by Crippen LogP contribution is -2.30. The van der Waals surface area contributed by atoms with Crippen LogP contribution in [-0.4, -0.2) is 15.4 Å². The topological polar surface area (TPSA) is 37.6 Å². The molecule has 22 heavy (non-hydrogen) atoms. The van der Waals surface area contributed by atoms with Crippen molar-refractivity contribution in [3.8, 4) is 0 Å². The molecule has 0 saturated carbocycles. The number of hydrogen-bond donors (Lipinski definition) is 0. The molecule has 1 aromatic carbocycles. The van der Waals surface area contributed by atoms with Crippen LogP contribution in [0.3, 0.4) is 0 Å². The summed E-state index contributed by atoms with van der Waals surface area (Å²) in [5.41, 5.74) is 4.44. The Morgan fingerprint density at radius 2 is 2.18 bits per heavy atom. The van der Waals surface area contributed by atoms with Crippen molar-refractivity contribution >= 4 is 22.0 Å². The molecule has 1 atom stereocenters. The molecule has 2 aromatic heterocycles. The quantitative estimate of drug-likeness (QED) is 0.730. The second kappa shape index (κ2) is 4.95. The summed E-state index contributed by atoms with van der Waals surface area (Å²) in [5.74, 6) is 0. The van der Waals surface area contributed by atoms with E-state index < -0.39 is 0 Å². The van der Waals surface area contributed by atoms with Crippen molar-refractivity contribution in [3.63, 3.8) is 0 Å². The number of benzene rings is 1. The fourth-order valence-corrected chi connectivity index (χ4v) is 4.12. The maximum Gasteiger partial charge on any atom is 0.259 e. The van der Waals surface area contributed by atoms with Gasteiger partial charge < -0.3 is 4.90 Å². The molecule has 112 valence electrons. The molecule has 4 rings (SSSR count). The Labute approximate surface area is 132 Å². The van der Waals surface area contributed by atoms with Gasteiger partial charge in [0.15, 0.2) is 4.96 Å². The van der Waals surface area contributed by atoms with Gasteiger partial charge in [-0.15, -0.1) is 11.3 Å². The Bertz CT molecular complexity index is 912. The minimum absolute atomic E-state index is 0.0129. The molecule has 3 aromatic rings. The van der Waals surface area contributed by atoms with Crippen LogP contribution in [-0.2, 0) is 13.0 Å². The summed E-state index contributed by atoms with van der Waals surface area (Å²) in [7, 11) is 0. The molecule has 0 saturated heterocycles. The van der Waals surface area contributed by atoms with Gasteiger partial charge in [0.1, 0.15) is 0 Å². The van der Waals surface area contributed by atoms with Crippen LogP contribution in [0.25, 0.3) is 4.96 Å². The van der Waals surface area contributed by atoms with E-state index in [-0.39, 0.29) is 5.56 Å². The Morgan fingerprint density at radius 1 is 1.36 bits per heavy atom. The van der Waals surface area contributed by atoms with E-state index in [0.717, 1.165) is 22.8 Å². The predicted octanol–water partition coefficient (Wildman–Crippen LogP) is 3.02. The third-order valence-electron chi connectivity index (χ3n) is 4.31.